The number of hydrogen-bond acceptors (Lipinski definition) is 11. The van der Waals surface area contributed by atoms with Gasteiger partial charge in [0.1, 0.15) is 30.1 Å². The van der Waals surface area contributed by atoms with Gasteiger partial charge in [-0.1, -0.05) is 12.1 Å². The summed E-state index contributed by atoms with van der Waals surface area (Å²) in [5, 5.41) is 2.58. The summed E-state index contributed by atoms with van der Waals surface area (Å²) in [6.07, 6.45) is -5.04. The Kier molecular flexibility index (Phi) is 9.36. The summed E-state index contributed by atoms with van der Waals surface area (Å²) < 4.78 is 32.3. The quantitative estimate of drug-likeness (QED) is 0.408. The average Bonchev–Trinajstić information content (AvgIpc) is 2.75. The number of carbonyl (C=O) groups excluding carboxylic acids is 5. The zero-order chi connectivity index (χ0) is 25.4. The van der Waals surface area contributed by atoms with Crippen LogP contribution in [0, 0.1) is 0 Å². The number of rotatable bonds is 8. The maximum atomic E-state index is 12.2. The Labute approximate surface area is 195 Å². The van der Waals surface area contributed by atoms with Crippen LogP contribution in [0.25, 0.3) is 0 Å². The fourth-order valence-corrected chi connectivity index (χ4v) is 3.36. The van der Waals surface area contributed by atoms with E-state index in [1.807, 2.05) is 0 Å². The standard InChI is InChI=1S/C22H27NO11/c1-11(24)23-18-20(32-14(4)27)19(31-13(3)26)17(10-30-12(2)25)34-22(18)33-16-9-7-6-8-15(16)21(28)29-5/h6-9,17-20,22H,10H2,1-5H3,(H,23,24)/t17-,18+,19+,20+,22-/m0/s1. The molecule has 0 aromatic heterocycles. The minimum Gasteiger partial charge on any atom is -0.465 e. The fraction of sp³-hybridized carbons (Fsp3) is 0.500. The predicted molar refractivity (Wildman–Crippen MR) is 112 cm³/mol. The molecule has 1 amide bonds. The summed E-state index contributed by atoms with van der Waals surface area (Å²) in [5.41, 5.74) is 0.0675. The van der Waals surface area contributed by atoms with Crippen LogP contribution in [-0.4, -0.2) is 74.1 Å². The zero-order valence-corrected chi connectivity index (χ0v) is 19.4. The van der Waals surface area contributed by atoms with Crippen molar-refractivity contribution in [3.8, 4) is 5.75 Å². The van der Waals surface area contributed by atoms with E-state index in [-0.39, 0.29) is 17.9 Å². The lowest BCUT2D eigenvalue weighted by Gasteiger charge is -2.44. The molecule has 1 heterocycles. The van der Waals surface area contributed by atoms with E-state index >= 15 is 0 Å². The minimum absolute atomic E-state index is 0.0495. The third-order valence-corrected chi connectivity index (χ3v) is 4.61. The molecule has 1 aliphatic heterocycles. The first kappa shape index (κ1) is 26.6. The topological polar surface area (TPSA) is 153 Å². The molecule has 5 atom stereocenters. The molecule has 12 nitrogen and oxygen atoms in total. The number of esters is 4. The van der Waals surface area contributed by atoms with Gasteiger partial charge in [0.15, 0.2) is 12.2 Å². The molecule has 1 fully saturated rings. The van der Waals surface area contributed by atoms with Gasteiger partial charge in [-0.3, -0.25) is 19.2 Å². The van der Waals surface area contributed by atoms with E-state index in [9.17, 15) is 24.0 Å². The lowest BCUT2D eigenvalue weighted by Crippen LogP contribution is -2.67. The van der Waals surface area contributed by atoms with E-state index < -0.39 is 60.4 Å². The average molecular weight is 481 g/mol. The molecule has 0 saturated carbocycles. The van der Waals surface area contributed by atoms with Crippen molar-refractivity contribution in [3.05, 3.63) is 29.8 Å². The van der Waals surface area contributed by atoms with Crippen LogP contribution in [0.1, 0.15) is 38.1 Å². The first-order valence-corrected chi connectivity index (χ1v) is 10.3. The lowest BCUT2D eigenvalue weighted by molar-refractivity contribution is -0.257. The molecule has 186 valence electrons. The maximum Gasteiger partial charge on any atom is 0.341 e. The van der Waals surface area contributed by atoms with Crippen molar-refractivity contribution in [1.82, 2.24) is 5.32 Å². The maximum absolute atomic E-state index is 12.2. The van der Waals surface area contributed by atoms with Gasteiger partial charge >= 0.3 is 23.9 Å². The number of nitrogens with one attached hydrogen (secondary N) is 1. The van der Waals surface area contributed by atoms with E-state index in [2.05, 4.69) is 5.32 Å². The van der Waals surface area contributed by atoms with E-state index in [1.54, 1.807) is 12.1 Å². The van der Waals surface area contributed by atoms with Crippen molar-refractivity contribution >= 4 is 29.8 Å². The highest BCUT2D eigenvalue weighted by atomic mass is 16.7. The van der Waals surface area contributed by atoms with Gasteiger partial charge in [0.2, 0.25) is 12.2 Å². The first-order valence-electron chi connectivity index (χ1n) is 10.3. The van der Waals surface area contributed by atoms with E-state index in [1.165, 1.54) is 33.1 Å². The molecular formula is C22H27NO11. The second-order valence-electron chi connectivity index (χ2n) is 7.33. The third-order valence-electron chi connectivity index (χ3n) is 4.61. The molecule has 1 aromatic rings. The molecular weight excluding hydrogens is 454 g/mol. The Morgan fingerprint density at radius 2 is 1.53 bits per heavy atom. The van der Waals surface area contributed by atoms with E-state index in [0.29, 0.717) is 0 Å². The monoisotopic (exact) mass is 481 g/mol. The van der Waals surface area contributed by atoms with Crippen LogP contribution >= 0.6 is 0 Å². The molecule has 12 heteroatoms. The largest absolute Gasteiger partial charge is 0.465 e. The Morgan fingerprint density at radius 3 is 2.09 bits per heavy atom. The van der Waals surface area contributed by atoms with Crippen LogP contribution in [-0.2, 0) is 42.9 Å². The summed E-state index contributed by atoms with van der Waals surface area (Å²) in [6.45, 7) is 4.28. The Morgan fingerprint density at radius 1 is 0.912 bits per heavy atom. The molecule has 0 unspecified atom stereocenters. The second-order valence-corrected chi connectivity index (χ2v) is 7.33. The van der Waals surface area contributed by atoms with E-state index in [4.69, 9.17) is 28.4 Å². The molecule has 1 aromatic carbocycles. The van der Waals surface area contributed by atoms with Crippen molar-refractivity contribution in [2.45, 2.75) is 58.3 Å². The van der Waals surface area contributed by atoms with Crippen molar-refractivity contribution < 1.29 is 52.4 Å². The van der Waals surface area contributed by atoms with Crippen LogP contribution in [0.15, 0.2) is 24.3 Å². The first-order chi connectivity index (χ1) is 16.0. The minimum atomic E-state index is -1.36. The molecule has 0 aliphatic carbocycles. The summed E-state index contributed by atoms with van der Waals surface area (Å²) in [5.74, 6) is -3.26. The van der Waals surface area contributed by atoms with Gasteiger partial charge in [-0.05, 0) is 12.1 Å². The van der Waals surface area contributed by atoms with Crippen LogP contribution < -0.4 is 10.1 Å². The third kappa shape index (κ3) is 7.17. The van der Waals surface area contributed by atoms with Crippen molar-refractivity contribution in [2.75, 3.05) is 13.7 Å². The molecule has 0 bridgehead atoms. The highest BCUT2D eigenvalue weighted by Gasteiger charge is 2.52. The summed E-state index contributed by atoms with van der Waals surface area (Å²) >= 11 is 0. The number of methoxy groups -OCH3 is 1. The number of para-hydroxylation sites is 1. The number of carbonyl (C=O) groups is 5. The number of ether oxygens (including phenoxy) is 6. The normalized spacial score (nSPS) is 23.7. The van der Waals surface area contributed by atoms with Gasteiger partial charge in [0.05, 0.1) is 7.11 Å². The van der Waals surface area contributed by atoms with Crippen LogP contribution in [0.2, 0.25) is 0 Å². The Bertz CT molecular complexity index is 931. The Balaban J connectivity index is 2.52. The molecule has 34 heavy (non-hydrogen) atoms. The Hall–Kier alpha value is -3.67. The summed E-state index contributed by atoms with van der Waals surface area (Å²) in [4.78, 5) is 59.2. The van der Waals surface area contributed by atoms with Crippen molar-refractivity contribution in [1.29, 1.82) is 0 Å². The van der Waals surface area contributed by atoms with Crippen LogP contribution in [0.5, 0.6) is 5.75 Å². The zero-order valence-electron chi connectivity index (χ0n) is 19.4. The highest BCUT2D eigenvalue weighted by molar-refractivity contribution is 5.92. The van der Waals surface area contributed by atoms with Crippen molar-refractivity contribution in [2.24, 2.45) is 0 Å². The van der Waals surface area contributed by atoms with Crippen LogP contribution in [0.3, 0.4) is 0 Å². The van der Waals surface area contributed by atoms with E-state index in [0.717, 1.165) is 13.8 Å². The lowest BCUT2D eigenvalue weighted by atomic mass is 9.96. The fourth-order valence-electron chi connectivity index (χ4n) is 3.36. The van der Waals surface area contributed by atoms with Crippen LogP contribution in [0.4, 0.5) is 0 Å². The molecule has 1 N–H and O–H groups in total. The SMILES string of the molecule is COC(=O)c1ccccc1O[C@H]1O[C@@H](COC(C)=O)[C@@H](OC(C)=O)[C@H](OC(C)=O)[C@H]1NC(C)=O. The smallest absolute Gasteiger partial charge is 0.341 e. The van der Waals surface area contributed by atoms with Gasteiger partial charge in [0.25, 0.3) is 0 Å². The number of benzene rings is 1. The molecule has 1 saturated heterocycles. The summed E-state index contributed by atoms with van der Waals surface area (Å²) in [7, 11) is 1.20. The highest BCUT2D eigenvalue weighted by Crippen LogP contribution is 2.30. The molecule has 0 spiro atoms. The van der Waals surface area contributed by atoms with Crippen molar-refractivity contribution in [3.63, 3.8) is 0 Å². The van der Waals surface area contributed by atoms with Gasteiger partial charge in [-0.2, -0.15) is 0 Å². The summed E-state index contributed by atoms with van der Waals surface area (Å²) in [6, 6.07) is 4.94. The van der Waals surface area contributed by atoms with Gasteiger partial charge in [-0.15, -0.1) is 0 Å². The molecule has 0 radical (unpaired) electrons. The number of hydrogen-bond donors (Lipinski definition) is 1. The predicted octanol–water partition coefficient (Wildman–Crippen LogP) is 0.508. The number of amides is 1. The second kappa shape index (κ2) is 12.0. The molecule has 2 rings (SSSR count). The van der Waals surface area contributed by atoms with Gasteiger partial charge in [-0.25, -0.2) is 4.79 Å². The molecule has 1 aliphatic rings. The van der Waals surface area contributed by atoms with Gasteiger partial charge < -0.3 is 33.7 Å². The van der Waals surface area contributed by atoms with Gasteiger partial charge in [0, 0.05) is 27.7 Å².